The van der Waals surface area contributed by atoms with E-state index in [1.54, 1.807) is 48.5 Å². The van der Waals surface area contributed by atoms with Gasteiger partial charge in [0, 0.05) is 49.4 Å². The highest BCUT2D eigenvalue weighted by Crippen LogP contribution is 2.30. The maximum absolute atomic E-state index is 13.5. The Labute approximate surface area is 191 Å². The zero-order chi connectivity index (χ0) is 23.5. The van der Waals surface area contributed by atoms with Crippen LogP contribution in [0.25, 0.3) is 5.57 Å². The lowest BCUT2D eigenvalue weighted by atomic mass is 10.0. The average Bonchev–Trinajstić information content (AvgIpc) is 3.27. The Kier molecular flexibility index (Phi) is 6.02. The monoisotopic (exact) mass is 441 g/mol. The topological polar surface area (TPSA) is 114 Å². The van der Waals surface area contributed by atoms with Gasteiger partial charge in [-0.1, -0.05) is 0 Å². The van der Waals surface area contributed by atoms with Crippen LogP contribution in [0.3, 0.4) is 0 Å². The number of hydrogen-bond donors (Lipinski definition) is 2. The van der Waals surface area contributed by atoms with E-state index in [2.05, 4.69) is 20.7 Å². The molecule has 4 rings (SSSR count). The Morgan fingerprint density at radius 2 is 2.03 bits per heavy atom. The van der Waals surface area contributed by atoms with Crippen molar-refractivity contribution in [2.45, 2.75) is 19.9 Å². The zero-order valence-corrected chi connectivity index (χ0v) is 18.5. The van der Waals surface area contributed by atoms with Gasteiger partial charge < -0.3 is 5.32 Å². The molecule has 2 aliphatic heterocycles. The van der Waals surface area contributed by atoms with Crippen LogP contribution in [0.5, 0.6) is 0 Å². The van der Waals surface area contributed by atoms with E-state index < -0.39 is 0 Å². The summed E-state index contributed by atoms with van der Waals surface area (Å²) in [6.07, 6.45) is 8.38. The predicted molar refractivity (Wildman–Crippen MR) is 123 cm³/mol. The lowest BCUT2D eigenvalue weighted by Crippen LogP contribution is -2.39. The molecule has 0 aromatic carbocycles. The summed E-state index contributed by atoms with van der Waals surface area (Å²) < 4.78 is 0. The van der Waals surface area contributed by atoms with Crippen molar-refractivity contribution in [3.05, 3.63) is 83.1 Å². The quantitative estimate of drug-likeness (QED) is 0.731. The summed E-state index contributed by atoms with van der Waals surface area (Å²) in [6.45, 7) is 4.36. The number of hydrogen-bond acceptors (Lipinski definition) is 7. The van der Waals surface area contributed by atoms with E-state index in [1.165, 1.54) is 12.4 Å². The van der Waals surface area contributed by atoms with Crippen LogP contribution in [-0.4, -0.2) is 46.4 Å². The fourth-order valence-corrected chi connectivity index (χ4v) is 3.67. The number of nitriles is 1. The molecule has 0 spiro atoms. The molecule has 9 nitrogen and oxygen atoms in total. The molecule has 0 bridgehead atoms. The molecule has 0 saturated carbocycles. The number of fused-ring (bicyclic) bond motifs is 1. The van der Waals surface area contributed by atoms with Crippen LogP contribution in [0.4, 0.5) is 5.82 Å². The molecule has 166 valence electrons. The number of aromatic nitrogens is 2. The minimum atomic E-state index is -0.198. The first kappa shape index (κ1) is 21.9. The maximum atomic E-state index is 13.5. The number of nitrogens with zero attached hydrogens (tertiary/aromatic N) is 5. The number of pyridine rings is 2. The van der Waals surface area contributed by atoms with Crippen molar-refractivity contribution in [3.8, 4) is 6.07 Å². The van der Waals surface area contributed by atoms with Crippen molar-refractivity contribution < 1.29 is 9.59 Å². The molecule has 33 heavy (non-hydrogen) atoms. The fourth-order valence-electron chi connectivity index (χ4n) is 3.67. The van der Waals surface area contributed by atoms with Crippen molar-refractivity contribution in [3.63, 3.8) is 0 Å². The van der Waals surface area contributed by atoms with E-state index in [0.717, 1.165) is 17.0 Å². The standard InChI is InChI=1S/C24H23N7O2/c1-15(2)31(22-7-4-16(11-25)12-28-22)24(33)17-8-9-30-21(10-17)19(14-29-30)20-6-5-18(13-27-20)23(32)26-3/h4-10,12-13,15,29H,14H2,1-3H3,(H,26,32). The summed E-state index contributed by atoms with van der Waals surface area (Å²) in [6, 6.07) is 8.74. The van der Waals surface area contributed by atoms with Gasteiger partial charge in [0.2, 0.25) is 0 Å². The molecule has 2 aromatic rings. The first-order chi connectivity index (χ1) is 15.9. The van der Waals surface area contributed by atoms with E-state index in [0.29, 0.717) is 29.1 Å². The normalized spacial score (nSPS) is 14.6. The number of carbonyl (C=O) groups is 2. The number of rotatable bonds is 5. The molecular formula is C24H23N7O2. The molecule has 2 amide bonds. The second-order valence-corrected chi connectivity index (χ2v) is 7.78. The van der Waals surface area contributed by atoms with Crippen molar-refractivity contribution in [2.75, 3.05) is 18.5 Å². The first-order valence-corrected chi connectivity index (χ1v) is 10.5. The summed E-state index contributed by atoms with van der Waals surface area (Å²) in [7, 11) is 1.57. The van der Waals surface area contributed by atoms with E-state index in [4.69, 9.17) is 5.26 Å². The van der Waals surface area contributed by atoms with Crippen molar-refractivity contribution in [1.29, 1.82) is 5.26 Å². The Morgan fingerprint density at radius 3 is 2.64 bits per heavy atom. The van der Waals surface area contributed by atoms with Crippen LogP contribution in [-0.2, 0) is 4.79 Å². The van der Waals surface area contributed by atoms with Gasteiger partial charge in [-0.3, -0.25) is 24.5 Å². The Hall–Kier alpha value is -4.29. The molecule has 0 radical (unpaired) electrons. The smallest absolute Gasteiger partial charge is 0.259 e. The second-order valence-electron chi connectivity index (χ2n) is 7.78. The van der Waals surface area contributed by atoms with Crippen LogP contribution < -0.4 is 15.6 Å². The highest BCUT2D eigenvalue weighted by molar-refractivity contribution is 6.08. The van der Waals surface area contributed by atoms with Gasteiger partial charge in [0.15, 0.2) is 0 Å². The van der Waals surface area contributed by atoms with Gasteiger partial charge in [-0.2, -0.15) is 5.26 Å². The molecule has 9 heteroatoms. The number of carbonyl (C=O) groups excluding carboxylic acids is 2. The summed E-state index contributed by atoms with van der Waals surface area (Å²) in [5, 5.41) is 13.4. The number of nitrogens with one attached hydrogen (secondary N) is 2. The number of amides is 2. The fraction of sp³-hybridized carbons (Fsp3) is 0.208. The molecule has 0 saturated heterocycles. The number of hydrazine groups is 1. The third-order valence-electron chi connectivity index (χ3n) is 5.36. The molecule has 2 aliphatic rings. The zero-order valence-electron chi connectivity index (χ0n) is 18.5. The third-order valence-corrected chi connectivity index (χ3v) is 5.36. The van der Waals surface area contributed by atoms with Gasteiger partial charge in [0.25, 0.3) is 11.8 Å². The van der Waals surface area contributed by atoms with Gasteiger partial charge in [-0.15, -0.1) is 0 Å². The lowest BCUT2D eigenvalue weighted by Gasteiger charge is -2.28. The van der Waals surface area contributed by atoms with E-state index in [1.807, 2.05) is 31.0 Å². The van der Waals surface area contributed by atoms with Crippen LogP contribution >= 0.6 is 0 Å². The summed E-state index contributed by atoms with van der Waals surface area (Å²) in [5.41, 5.74) is 7.13. The molecule has 2 aromatic heterocycles. The van der Waals surface area contributed by atoms with Gasteiger partial charge >= 0.3 is 0 Å². The van der Waals surface area contributed by atoms with E-state index in [-0.39, 0.29) is 17.9 Å². The average molecular weight is 441 g/mol. The van der Waals surface area contributed by atoms with Crippen LogP contribution in [0.15, 0.2) is 66.3 Å². The molecule has 0 atom stereocenters. The molecular weight excluding hydrogens is 418 g/mol. The SMILES string of the molecule is CNC(=O)c1ccc(C2=C3C=C(C(=O)N(c4ccc(C#N)cn4)C(C)C)C=CN3NC2)nc1. The number of allylic oxidation sites excluding steroid dienone is 1. The maximum Gasteiger partial charge on any atom is 0.259 e. The molecule has 0 unspecified atom stereocenters. The lowest BCUT2D eigenvalue weighted by molar-refractivity contribution is -0.115. The van der Waals surface area contributed by atoms with Gasteiger partial charge in [0.05, 0.1) is 22.5 Å². The van der Waals surface area contributed by atoms with Gasteiger partial charge in [0.1, 0.15) is 11.9 Å². The van der Waals surface area contributed by atoms with E-state index >= 15 is 0 Å². The van der Waals surface area contributed by atoms with E-state index in [9.17, 15) is 9.59 Å². The van der Waals surface area contributed by atoms with Crippen LogP contribution in [0.2, 0.25) is 0 Å². The molecule has 2 N–H and O–H groups in total. The van der Waals surface area contributed by atoms with Crippen LogP contribution in [0, 0.1) is 11.3 Å². The minimum Gasteiger partial charge on any atom is -0.355 e. The highest BCUT2D eigenvalue weighted by Gasteiger charge is 2.29. The Balaban J connectivity index is 1.67. The van der Waals surface area contributed by atoms with Crippen LogP contribution in [0.1, 0.15) is 35.5 Å². The highest BCUT2D eigenvalue weighted by atomic mass is 16.2. The Morgan fingerprint density at radius 1 is 1.21 bits per heavy atom. The largest absolute Gasteiger partial charge is 0.355 e. The second kappa shape index (κ2) is 9.06. The predicted octanol–water partition coefficient (Wildman–Crippen LogP) is 2.13. The molecule has 4 heterocycles. The summed E-state index contributed by atoms with van der Waals surface area (Å²) >= 11 is 0. The third kappa shape index (κ3) is 4.24. The van der Waals surface area contributed by atoms with Crippen molar-refractivity contribution >= 4 is 23.2 Å². The number of anilines is 1. The first-order valence-electron chi connectivity index (χ1n) is 10.5. The minimum absolute atomic E-state index is 0.139. The van der Waals surface area contributed by atoms with Gasteiger partial charge in [-0.05, 0) is 50.3 Å². The van der Waals surface area contributed by atoms with Crippen molar-refractivity contribution in [2.24, 2.45) is 0 Å². The van der Waals surface area contributed by atoms with Gasteiger partial charge in [-0.25, -0.2) is 10.4 Å². The Bertz CT molecular complexity index is 1220. The molecule has 0 aliphatic carbocycles. The van der Waals surface area contributed by atoms with Crippen molar-refractivity contribution in [1.82, 2.24) is 25.7 Å². The summed E-state index contributed by atoms with van der Waals surface area (Å²) in [4.78, 5) is 35.6. The summed E-state index contributed by atoms with van der Waals surface area (Å²) in [5.74, 6) is 0.0900. The molecule has 0 fully saturated rings.